The smallest absolute Gasteiger partial charge is 0.449 e. The van der Waals surface area contributed by atoms with E-state index >= 15 is 0 Å². The fourth-order valence-electron chi connectivity index (χ4n) is 4.83. The molecular weight excluding hydrogens is 614 g/mol. The van der Waals surface area contributed by atoms with E-state index in [0.717, 1.165) is 18.2 Å². The number of hydrogen-bond acceptors (Lipinski definition) is 5. The van der Waals surface area contributed by atoms with E-state index < -0.39 is 35.0 Å². The Morgan fingerprint density at radius 2 is 1.73 bits per heavy atom. The summed E-state index contributed by atoms with van der Waals surface area (Å²) in [6.45, 7) is 4.20. The molecule has 3 aromatic heterocycles. The number of halogens is 5. The van der Waals surface area contributed by atoms with Crippen LogP contribution >= 0.6 is 11.6 Å². The van der Waals surface area contributed by atoms with Crippen LogP contribution in [0.2, 0.25) is 5.02 Å². The Bertz CT molecular complexity index is 1940. The number of carbonyl (C=O) groups is 2. The molecule has 0 radical (unpaired) electrons. The van der Waals surface area contributed by atoms with Gasteiger partial charge in [0.05, 0.1) is 23.0 Å². The summed E-state index contributed by atoms with van der Waals surface area (Å²) in [4.78, 5) is 35.8. The summed E-state index contributed by atoms with van der Waals surface area (Å²) in [5.74, 6) is -3.58. The predicted octanol–water partition coefficient (Wildman–Crippen LogP) is 8.21. The summed E-state index contributed by atoms with van der Waals surface area (Å²) in [7, 11) is 0. The zero-order valence-electron chi connectivity index (χ0n) is 24.2. The van der Waals surface area contributed by atoms with Crippen LogP contribution in [-0.4, -0.2) is 31.9 Å². The van der Waals surface area contributed by atoms with Gasteiger partial charge in [-0.05, 0) is 97.6 Å². The Morgan fingerprint density at radius 3 is 2.40 bits per heavy atom. The maximum Gasteiger partial charge on any atom is 0.449 e. The molecule has 232 valence electrons. The van der Waals surface area contributed by atoms with Crippen molar-refractivity contribution in [3.8, 4) is 11.1 Å². The number of nitrogens with zero attached hydrogens (tertiary/aromatic N) is 3. The molecule has 1 N–H and O–H groups in total. The van der Waals surface area contributed by atoms with E-state index in [1.165, 1.54) is 31.0 Å². The third-order valence-corrected chi connectivity index (χ3v) is 7.75. The molecule has 0 bridgehead atoms. The van der Waals surface area contributed by atoms with Gasteiger partial charge >= 0.3 is 12.1 Å². The molecule has 0 fully saturated rings. The molecular formula is C33H26ClF4N3O4. The molecule has 5 rings (SSSR count). The quantitative estimate of drug-likeness (QED) is 0.172. The number of benzene rings is 2. The van der Waals surface area contributed by atoms with Gasteiger partial charge in [0.1, 0.15) is 17.1 Å². The molecule has 5 aromatic rings. The van der Waals surface area contributed by atoms with Crippen LogP contribution in [0.25, 0.3) is 22.2 Å². The first-order valence-electron chi connectivity index (χ1n) is 13.6. The largest absolute Gasteiger partial charge is 0.481 e. The summed E-state index contributed by atoms with van der Waals surface area (Å²) in [6, 6.07) is 15.7. The van der Waals surface area contributed by atoms with Crippen LogP contribution in [0.4, 0.5) is 17.6 Å². The number of rotatable bonds is 8. The number of aliphatic carboxylic acids is 1. The number of fused-ring (bicyclic) bond motifs is 1. The molecule has 12 heteroatoms. The number of carbonyl (C=O) groups excluding carboxylic acids is 1. The van der Waals surface area contributed by atoms with Crippen molar-refractivity contribution in [3.05, 3.63) is 118 Å². The zero-order chi connectivity index (χ0) is 32.7. The predicted molar refractivity (Wildman–Crippen MR) is 159 cm³/mol. The highest BCUT2D eigenvalue weighted by molar-refractivity contribution is 6.31. The van der Waals surface area contributed by atoms with Crippen molar-refractivity contribution < 1.29 is 36.7 Å². The first-order valence-corrected chi connectivity index (χ1v) is 14.0. The summed E-state index contributed by atoms with van der Waals surface area (Å²) < 4.78 is 59.4. The number of pyridine rings is 2. The average Bonchev–Trinajstić information content (AvgIpc) is 3.46. The van der Waals surface area contributed by atoms with Crippen LogP contribution in [0.3, 0.4) is 0 Å². The fraction of sp³-hybridized carbons (Fsp3) is 0.212. The van der Waals surface area contributed by atoms with E-state index in [4.69, 9.17) is 16.0 Å². The topological polar surface area (TPSA) is 96.5 Å². The monoisotopic (exact) mass is 639 g/mol. The van der Waals surface area contributed by atoms with Crippen LogP contribution in [0, 0.1) is 12.7 Å². The number of carboxylic acid groups (broad SMARTS) is 1. The van der Waals surface area contributed by atoms with E-state index in [2.05, 4.69) is 9.97 Å². The van der Waals surface area contributed by atoms with Gasteiger partial charge in [-0.25, -0.2) is 4.39 Å². The number of aryl methyl sites for hydroxylation is 1. The lowest BCUT2D eigenvalue weighted by Gasteiger charge is -2.24. The highest BCUT2D eigenvalue weighted by Crippen LogP contribution is 2.34. The Kier molecular flexibility index (Phi) is 8.41. The average molecular weight is 640 g/mol. The molecule has 3 heterocycles. The molecule has 0 spiro atoms. The van der Waals surface area contributed by atoms with Gasteiger partial charge in [-0.2, -0.15) is 13.2 Å². The molecule has 0 unspecified atom stereocenters. The lowest BCUT2D eigenvalue weighted by molar-refractivity contribution is -0.153. The van der Waals surface area contributed by atoms with Crippen LogP contribution in [-0.2, 0) is 29.5 Å². The Morgan fingerprint density at radius 1 is 0.978 bits per heavy atom. The fourth-order valence-corrected chi connectivity index (χ4v) is 5.07. The van der Waals surface area contributed by atoms with Crippen molar-refractivity contribution >= 4 is 34.5 Å². The number of hydrogen-bond donors (Lipinski definition) is 1. The highest BCUT2D eigenvalue weighted by atomic mass is 35.5. The number of carboxylic acids is 1. The lowest BCUT2D eigenvalue weighted by Crippen LogP contribution is -2.30. The molecule has 0 aliphatic carbocycles. The van der Waals surface area contributed by atoms with Crippen molar-refractivity contribution in [2.45, 2.75) is 45.5 Å². The minimum Gasteiger partial charge on any atom is -0.481 e. The van der Waals surface area contributed by atoms with Gasteiger partial charge in [0.25, 0.3) is 5.91 Å². The van der Waals surface area contributed by atoms with Gasteiger partial charge in [0.2, 0.25) is 5.76 Å². The Balaban J connectivity index is 1.52. The van der Waals surface area contributed by atoms with E-state index in [1.54, 1.807) is 49.4 Å². The standard InChI is InChI=1S/C33H26ClF4N3O4/c1-18-11-25(29-27(40-18)5-4-10-39-29)30(42)41(17-24-8-9-28(45-24)33(36,37)38)16-20-7-6-19(14-26(20)34)21-12-22(15-23(35)13-21)32(2,3)31(43)44/h4-15H,16-17H2,1-3H3,(H,43,44). The Hall–Kier alpha value is -4.77. The highest BCUT2D eigenvalue weighted by Gasteiger charge is 2.35. The maximum absolute atomic E-state index is 14.6. The molecule has 1 amide bonds. The molecule has 0 saturated heterocycles. The molecule has 0 aliphatic rings. The molecule has 0 atom stereocenters. The summed E-state index contributed by atoms with van der Waals surface area (Å²) in [5, 5.41) is 9.81. The molecule has 0 aliphatic heterocycles. The second-order valence-corrected chi connectivity index (χ2v) is 11.5. The molecule has 0 saturated carbocycles. The number of furan rings is 1. The first-order chi connectivity index (χ1) is 21.1. The number of aromatic nitrogens is 2. The van der Waals surface area contributed by atoms with Gasteiger partial charge in [-0.1, -0.05) is 23.7 Å². The normalized spacial score (nSPS) is 12.0. The van der Waals surface area contributed by atoms with Crippen molar-refractivity contribution in [1.29, 1.82) is 0 Å². The van der Waals surface area contributed by atoms with Crippen LogP contribution in [0.1, 0.15) is 52.5 Å². The summed E-state index contributed by atoms with van der Waals surface area (Å²) in [6.07, 6.45) is -3.20. The van der Waals surface area contributed by atoms with Gasteiger partial charge in [-0.3, -0.25) is 19.6 Å². The van der Waals surface area contributed by atoms with Crippen molar-refractivity contribution in [1.82, 2.24) is 14.9 Å². The minimum atomic E-state index is -4.70. The first kappa shape index (κ1) is 31.6. The van der Waals surface area contributed by atoms with Crippen LogP contribution < -0.4 is 0 Å². The SMILES string of the molecule is Cc1cc(C(=O)N(Cc2ccc(C(F)(F)F)o2)Cc2ccc(-c3cc(F)cc(C(C)(C)C(=O)O)c3)cc2Cl)c2ncccc2n1. The van der Waals surface area contributed by atoms with E-state index in [9.17, 15) is 32.3 Å². The third-order valence-electron chi connectivity index (χ3n) is 7.40. The lowest BCUT2D eigenvalue weighted by atomic mass is 9.83. The Labute approximate surface area is 260 Å². The molecule has 45 heavy (non-hydrogen) atoms. The van der Waals surface area contributed by atoms with Gasteiger partial charge < -0.3 is 14.4 Å². The van der Waals surface area contributed by atoms with Crippen LogP contribution in [0.15, 0.2) is 77.3 Å². The second kappa shape index (κ2) is 12.0. The maximum atomic E-state index is 14.6. The van der Waals surface area contributed by atoms with Gasteiger partial charge in [0, 0.05) is 23.5 Å². The van der Waals surface area contributed by atoms with E-state index in [0.29, 0.717) is 33.4 Å². The number of amides is 1. The summed E-state index contributed by atoms with van der Waals surface area (Å²) in [5.41, 5.74) is 1.76. The summed E-state index contributed by atoms with van der Waals surface area (Å²) >= 11 is 6.66. The van der Waals surface area contributed by atoms with Gasteiger partial charge in [0.15, 0.2) is 0 Å². The molecule has 2 aromatic carbocycles. The van der Waals surface area contributed by atoms with Gasteiger partial charge in [-0.15, -0.1) is 0 Å². The minimum absolute atomic E-state index is 0.0974. The van der Waals surface area contributed by atoms with Crippen molar-refractivity contribution in [2.24, 2.45) is 0 Å². The van der Waals surface area contributed by atoms with E-state index in [-0.39, 0.29) is 35.0 Å². The zero-order valence-corrected chi connectivity index (χ0v) is 25.0. The second-order valence-electron chi connectivity index (χ2n) is 11.1. The third kappa shape index (κ3) is 6.68. The number of alkyl halides is 3. The molecule has 7 nitrogen and oxygen atoms in total. The van der Waals surface area contributed by atoms with Crippen molar-refractivity contribution in [3.63, 3.8) is 0 Å². The van der Waals surface area contributed by atoms with E-state index in [1.807, 2.05) is 0 Å². The van der Waals surface area contributed by atoms with Crippen molar-refractivity contribution in [2.75, 3.05) is 0 Å². The van der Waals surface area contributed by atoms with Crippen LogP contribution in [0.5, 0.6) is 0 Å².